The van der Waals surface area contributed by atoms with Crippen LogP contribution in [0.5, 0.6) is 0 Å². The van der Waals surface area contributed by atoms with Gasteiger partial charge >= 0.3 is 5.97 Å². The van der Waals surface area contributed by atoms with Crippen molar-refractivity contribution < 1.29 is 14.7 Å². The van der Waals surface area contributed by atoms with Crippen LogP contribution in [0.25, 0.3) is 6.08 Å². The van der Waals surface area contributed by atoms with Crippen molar-refractivity contribution in [2.24, 2.45) is 0 Å². The van der Waals surface area contributed by atoms with E-state index in [-0.39, 0.29) is 10.2 Å². The van der Waals surface area contributed by atoms with Gasteiger partial charge in [-0.05, 0) is 36.7 Å². The first-order chi connectivity index (χ1) is 13.5. The molecule has 0 aliphatic carbocycles. The highest BCUT2D eigenvalue weighted by molar-refractivity contribution is 8.26. The van der Waals surface area contributed by atoms with Crippen LogP contribution in [-0.4, -0.2) is 70.4 Å². The number of carbonyl (C=O) groups excluding carboxylic acids is 1. The van der Waals surface area contributed by atoms with Crippen LogP contribution in [0.2, 0.25) is 0 Å². The Hall–Kier alpha value is -1.90. The Morgan fingerprint density at radius 3 is 2.50 bits per heavy atom. The molecule has 2 saturated heterocycles. The molecule has 1 N–H and O–H groups in total. The molecule has 0 spiro atoms. The standard InChI is InChI=1S/C20H25N3O3S2/c1-2-3-8-21-9-11-22(12-10-21)16-6-4-15(5-7-16)13-17-19(26)23(14-18(24)25)20(27)28-17/h4-7,13H,2-3,8-12,14H2,1H3,(H,24,25)/b17-13+. The maximum atomic E-state index is 12.3. The second kappa shape index (κ2) is 9.54. The Labute approximate surface area is 175 Å². The number of hydrogen-bond donors (Lipinski definition) is 1. The highest BCUT2D eigenvalue weighted by Gasteiger charge is 2.33. The predicted octanol–water partition coefficient (Wildman–Crippen LogP) is 2.89. The van der Waals surface area contributed by atoms with Gasteiger partial charge in [0.1, 0.15) is 10.9 Å². The number of carboxylic acid groups (broad SMARTS) is 1. The van der Waals surface area contributed by atoms with Crippen LogP contribution in [0.4, 0.5) is 5.69 Å². The van der Waals surface area contributed by atoms with Crippen molar-refractivity contribution in [3.05, 3.63) is 34.7 Å². The maximum absolute atomic E-state index is 12.3. The van der Waals surface area contributed by atoms with E-state index in [0.717, 1.165) is 48.4 Å². The lowest BCUT2D eigenvalue weighted by atomic mass is 10.1. The molecule has 1 amide bonds. The zero-order valence-electron chi connectivity index (χ0n) is 16.0. The van der Waals surface area contributed by atoms with Crippen molar-refractivity contribution in [3.63, 3.8) is 0 Å². The smallest absolute Gasteiger partial charge is 0.323 e. The lowest BCUT2D eigenvalue weighted by Crippen LogP contribution is -2.46. The molecule has 3 rings (SSSR count). The Kier molecular flexibility index (Phi) is 7.09. The first-order valence-electron chi connectivity index (χ1n) is 9.52. The van der Waals surface area contributed by atoms with E-state index in [9.17, 15) is 9.59 Å². The van der Waals surface area contributed by atoms with Gasteiger partial charge in [0.25, 0.3) is 5.91 Å². The average Bonchev–Trinajstić information content (AvgIpc) is 2.94. The summed E-state index contributed by atoms with van der Waals surface area (Å²) < 4.78 is 0.288. The number of aliphatic carboxylic acids is 1. The molecule has 0 saturated carbocycles. The first kappa shape index (κ1) is 20.8. The number of unbranched alkanes of at least 4 members (excludes halogenated alkanes) is 1. The van der Waals surface area contributed by atoms with Crippen LogP contribution < -0.4 is 4.90 Å². The minimum absolute atomic E-state index is 0.288. The summed E-state index contributed by atoms with van der Waals surface area (Å²) in [5.41, 5.74) is 2.09. The molecule has 2 aliphatic heterocycles. The number of benzene rings is 1. The van der Waals surface area contributed by atoms with Gasteiger partial charge in [-0.15, -0.1) is 0 Å². The Balaban J connectivity index is 1.61. The third-order valence-electron chi connectivity index (χ3n) is 4.92. The summed E-state index contributed by atoms with van der Waals surface area (Å²) in [5.74, 6) is -1.42. The van der Waals surface area contributed by atoms with Crippen LogP contribution in [0.3, 0.4) is 0 Å². The number of carboxylic acids is 1. The van der Waals surface area contributed by atoms with E-state index in [1.807, 2.05) is 12.1 Å². The second-order valence-corrected chi connectivity index (χ2v) is 8.61. The molecular formula is C20H25N3O3S2. The van der Waals surface area contributed by atoms with Gasteiger partial charge in [0.2, 0.25) is 0 Å². The summed E-state index contributed by atoms with van der Waals surface area (Å²) in [5, 5.41) is 8.91. The fraction of sp³-hybridized carbons (Fsp3) is 0.450. The number of rotatable bonds is 7. The van der Waals surface area contributed by atoms with E-state index >= 15 is 0 Å². The van der Waals surface area contributed by atoms with Crippen LogP contribution >= 0.6 is 24.0 Å². The Bertz CT molecular complexity index is 771. The molecule has 6 nitrogen and oxygen atoms in total. The monoisotopic (exact) mass is 419 g/mol. The number of thiocarbonyl (C=S) groups is 1. The number of nitrogens with zero attached hydrogens (tertiary/aromatic N) is 3. The van der Waals surface area contributed by atoms with E-state index in [0.29, 0.717) is 4.91 Å². The number of thioether (sulfide) groups is 1. The number of hydrogen-bond acceptors (Lipinski definition) is 6. The molecule has 0 atom stereocenters. The van der Waals surface area contributed by atoms with Gasteiger partial charge < -0.3 is 10.0 Å². The SMILES string of the molecule is CCCCN1CCN(c2ccc(/C=C3/SC(=S)N(CC(=O)O)C3=O)cc2)CC1. The Morgan fingerprint density at radius 1 is 1.21 bits per heavy atom. The van der Waals surface area contributed by atoms with Crippen LogP contribution in [-0.2, 0) is 9.59 Å². The van der Waals surface area contributed by atoms with Gasteiger partial charge in [-0.3, -0.25) is 19.4 Å². The van der Waals surface area contributed by atoms with Gasteiger partial charge in [-0.2, -0.15) is 0 Å². The maximum Gasteiger partial charge on any atom is 0.323 e. The minimum Gasteiger partial charge on any atom is -0.480 e. The molecule has 0 aromatic heterocycles. The quantitative estimate of drug-likeness (QED) is 0.538. The van der Waals surface area contributed by atoms with Gasteiger partial charge in [-0.1, -0.05) is 49.5 Å². The summed E-state index contributed by atoms with van der Waals surface area (Å²) in [6.45, 7) is 7.24. The molecule has 2 heterocycles. The number of piperazine rings is 1. The molecule has 0 unspecified atom stereocenters. The largest absolute Gasteiger partial charge is 0.480 e. The summed E-state index contributed by atoms with van der Waals surface area (Å²) in [7, 11) is 0. The van der Waals surface area contributed by atoms with Crippen LogP contribution in [0, 0.1) is 0 Å². The number of anilines is 1. The first-order valence-corrected chi connectivity index (χ1v) is 10.7. The third-order valence-corrected chi connectivity index (χ3v) is 6.30. The zero-order chi connectivity index (χ0) is 20.1. The normalized spacial score (nSPS) is 19.7. The topological polar surface area (TPSA) is 64.1 Å². The Morgan fingerprint density at radius 2 is 1.89 bits per heavy atom. The lowest BCUT2D eigenvalue weighted by Gasteiger charge is -2.36. The van der Waals surface area contributed by atoms with Gasteiger partial charge in [0, 0.05) is 31.9 Å². The molecule has 150 valence electrons. The number of amides is 1. The molecular weight excluding hydrogens is 394 g/mol. The lowest BCUT2D eigenvalue weighted by molar-refractivity contribution is -0.140. The second-order valence-electron chi connectivity index (χ2n) is 6.94. The van der Waals surface area contributed by atoms with Crippen molar-refractivity contribution in [1.82, 2.24) is 9.80 Å². The fourth-order valence-electron chi connectivity index (χ4n) is 3.32. The molecule has 8 heteroatoms. The summed E-state index contributed by atoms with van der Waals surface area (Å²) in [6, 6.07) is 8.13. The summed E-state index contributed by atoms with van der Waals surface area (Å²) >= 11 is 6.27. The van der Waals surface area contributed by atoms with Crippen molar-refractivity contribution >= 4 is 51.9 Å². The average molecular weight is 420 g/mol. The minimum atomic E-state index is -1.07. The van der Waals surface area contributed by atoms with Gasteiger partial charge in [0.15, 0.2) is 0 Å². The van der Waals surface area contributed by atoms with Crippen LogP contribution in [0.15, 0.2) is 29.2 Å². The summed E-state index contributed by atoms with van der Waals surface area (Å²) in [6.07, 6.45) is 4.26. The van der Waals surface area contributed by atoms with Crippen molar-refractivity contribution in [3.8, 4) is 0 Å². The van der Waals surface area contributed by atoms with E-state index in [4.69, 9.17) is 17.3 Å². The van der Waals surface area contributed by atoms with Crippen LogP contribution in [0.1, 0.15) is 25.3 Å². The highest BCUT2D eigenvalue weighted by Crippen LogP contribution is 2.32. The van der Waals surface area contributed by atoms with Gasteiger partial charge in [0.05, 0.1) is 4.91 Å². The highest BCUT2D eigenvalue weighted by atomic mass is 32.2. The molecule has 1 aromatic rings. The van der Waals surface area contributed by atoms with Crippen molar-refractivity contribution in [2.45, 2.75) is 19.8 Å². The van der Waals surface area contributed by atoms with Crippen molar-refractivity contribution in [1.29, 1.82) is 0 Å². The van der Waals surface area contributed by atoms with E-state index in [1.165, 1.54) is 25.1 Å². The molecule has 0 radical (unpaired) electrons. The van der Waals surface area contributed by atoms with E-state index in [2.05, 4.69) is 28.9 Å². The third kappa shape index (κ3) is 5.12. The number of carbonyl (C=O) groups is 2. The molecule has 1 aromatic carbocycles. The van der Waals surface area contributed by atoms with Gasteiger partial charge in [-0.25, -0.2) is 0 Å². The molecule has 28 heavy (non-hydrogen) atoms. The fourth-order valence-corrected chi connectivity index (χ4v) is 4.57. The predicted molar refractivity (Wildman–Crippen MR) is 118 cm³/mol. The van der Waals surface area contributed by atoms with Crippen molar-refractivity contribution in [2.75, 3.05) is 44.2 Å². The molecule has 2 aliphatic rings. The molecule has 0 bridgehead atoms. The summed E-state index contributed by atoms with van der Waals surface area (Å²) in [4.78, 5) is 29.7. The van der Waals surface area contributed by atoms with E-state index < -0.39 is 12.5 Å². The zero-order valence-corrected chi connectivity index (χ0v) is 17.6. The van der Waals surface area contributed by atoms with E-state index in [1.54, 1.807) is 6.08 Å². The molecule has 2 fully saturated rings.